The Kier molecular flexibility index (Phi) is 2.41. The maximum Gasteiger partial charge on any atom is 0.169 e. The van der Waals surface area contributed by atoms with Gasteiger partial charge in [0, 0.05) is 0 Å². The number of benzene rings is 1. The van der Waals surface area contributed by atoms with E-state index in [1.165, 1.54) is 5.56 Å². The van der Waals surface area contributed by atoms with Crippen LogP contribution in [0.25, 0.3) is 5.69 Å². The highest BCUT2D eigenvalue weighted by Gasteiger charge is 2.06. The molecule has 0 spiro atoms. The second kappa shape index (κ2) is 3.73. The van der Waals surface area contributed by atoms with Gasteiger partial charge in [0.2, 0.25) is 0 Å². The zero-order valence-electron chi connectivity index (χ0n) is 8.94. The molecule has 0 atom stereocenters. The first-order valence-electron chi connectivity index (χ1n) is 4.99. The lowest BCUT2D eigenvalue weighted by Crippen LogP contribution is -2.00. The summed E-state index contributed by atoms with van der Waals surface area (Å²) >= 11 is 0. The minimum Gasteiger partial charge on any atom is -0.381 e. The van der Waals surface area contributed by atoms with E-state index >= 15 is 0 Å². The maximum atomic E-state index is 5.65. The Bertz CT molecular complexity index is 473. The third-order valence-electron chi connectivity index (χ3n) is 2.49. The van der Waals surface area contributed by atoms with Gasteiger partial charge < -0.3 is 5.73 Å². The topological polar surface area (TPSA) is 56.7 Å². The van der Waals surface area contributed by atoms with Gasteiger partial charge in [0.15, 0.2) is 5.82 Å². The van der Waals surface area contributed by atoms with Gasteiger partial charge in [-0.3, -0.25) is 0 Å². The van der Waals surface area contributed by atoms with Crippen LogP contribution in [0.5, 0.6) is 0 Å². The molecular formula is C11H14N4. The molecular weight excluding hydrogens is 188 g/mol. The Balaban J connectivity index is 2.49. The van der Waals surface area contributed by atoms with Crippen molar-refractivity contribution in [3.8, 4) is 5.69 Å². The largest absolute Gasteiger partial charge is 0.381 e. The number of nitrogens with zero attached hydrogens (tertiary/aromatic N) is 3. The van der Waals surface area contributed by atoms with Crippen molar-refractivity contribution in [2.24, 2.45) is 0 Å². The summed E-state index contributed by atoms with van der Waals surface area (Å²) in [7, 11) is 0. The molecule has 4 heteroatoms. The van der Waals surface area contributed by atoms with Crippen molar-refractivity contribution < 1.29 is 0 Å². The zero-order valence-corrected chi connectivity index (χ0v) is 8.94. The van der Waals surface area contributed by atoms with Gasteiger partial charge in [-0.15, -0.1) is 5.10 Å². The molecule has 2 rings (SSSR count). The summed E-state index contributed by atoms with van der Waals surface area (Å²) in [5, 5.41) is 7.84. The van der Waals surface area contributed by atoms with Gasteiger partial charge >= 0.3 is 0 Å². The van der Waals surface area contributed by atoms with Gasteiger partial charge in [-0.25, -0.2) is 4.68 Å². The normalized spacial score (nSPS) is 10.5. The van der Waals surface area contributed by atoms with Crippen molar-refractivity contribution in [2.45, 2.75) is 20.3 Å². The van der Waals surface area contributed by atoms with E-state index in [9.17, 15) is 0 Å². The van der Waals surface area contributed by atoms with Gasteiger partial charge in [0.05, 0.1) is 11.4 Å². The van der Waals surface area contributed by atoms with Crippen LogP contribution in [0.1, 0.15) is 18.2 Å². The number of aromatic nitrogens is 3. The summed E-state index contributed by atoms with van der Waals surface area (Å²) in [6.07, 6.45) is 1.01. The van der Waals surface area contributed by atoms with Crippen LogP contribution in [0.4, 0.5) is 5.82 Å². The molecule has 2 aromatic rings. The Morgan fingerprint density at radius 3 is 2.80 bits per heavy atom. The van der Waals surface area contributed by atoms with Crippen LogP contribution >= 0.6 is 0 Å². The van der Waals surface area contributed by atoms with Crippen LogP contribution in [0.2, 0.25) is 0 Å². The molecule has 0 unspecified atom stereocenters. The molecule has 78 valence electrons. The molecule has 0 aliphatic rings. The molecule has 0 saturated carbocycles. The van der Waals surface area contributed by atoms with Crippen LogP contribution in [0.3, 0.4) is 0 Å². The van der Waals surface area contributed by atoms with Gasteiger partial charge in [-0.2, -0.15) is 0 Å². The third kappa shape index (κ3) is 1.70. The summed E-state index contributed by atoms with van der Waals surface area (Å²) in [5.41, 5.74) is 8.82. The highest BCUT2D eigenvalue weighted by Crippen LogP contribution is 2.14. The summed E-state index contributed by atoms with van der Waals surface area (Å²) < 4.78 is 1.76. The number of hydrogen-bond acceptors (Lipinski definition) is 3. The molecule has 0 fully saturated rings. The van der Waals surface area contributed by atoms with E-state index in [1.54, 1.807) is 4.68 Å². The first-order valence-corrected chi connectivity index (χ1v) is 4.99. The lowest BCUT2D eigenvalue weighted by molar-refractivity contribution is 0.784. The summed E-state index contributed by atoms with van der Waals surface area (Å²) in [6, 6.07) is 8.21. The highest BCUT2D eigenvalue weighted by atomic mass is 15.4. The molecule has 0 radical (unpaired) electrons. The smallest absolute Gasteiger partial charge is 0.169 e. The molecule has 0 amide bonds. The van der Waals surface area contributed by atoms with Gasteiger partial charge in [0.25, 0.3) is 0 Å². The van der Waals surface area contributed by atoms with E-state index in [4.69, 9.17) is 5.73 Å². The van der Waals surface area contributed by atoms with E-state index < -0.39 is 0 Å². The fraction of sp³-hybridized carbons (Fsp3) is 0.273. The maximum absolute atomic E-state index is 5.65. The third-order valence-corrected chi connectivity index (χ3v) is 2.49. The molecule has 0 aliphatic carbocycles. The molecule has 2 N–H and O–H groups in total. The average Bonchev–Trinajstić information content (AvgIpc) is 2.60. The fourth-order valence-corrected chi connectivity index (χ4v) is 1.49. The van der Waals surface area contributed by atoms with Gasteiger partial charge in [-0.05, 0) is 31.0 Å². The molecule has 1 heterocycles. The van der Waals surface area contributed by atoms with Crippen molar-refractivity contribution in [1.29, 1.82) is 0 Å². The lowest BCUT2D eigenvalue weighted by Gasteiger charge is -2.04. The van der Waals surface area contributed by atoms with Crippen LogP contribution in [-0.4, -0.2) is 15.0 Å². The standard InChI is InChI=1S/C11H14N4/c1-3-9-5-4-6-10(7-9)15-8(2)11(12)13-14-15/h4-7H,3,12H2,1-2H3. The summed E-state index contributed by atoms with van der Waals surface area (Å²) in [5.74, 6) is 0.483. The minimum atomic E-state index is 0.483. The lowest BCUT2D eigenvalue weighted by atomic mass is 10.1. The number of rotatable bonds is 2. The van der Waals surface area contributed by atoms with Crippen molar-refractivity contribution in [1.82, 2.24) is 15.0 Å². The molecule has 1 aromatic carbocycles. The van der Waals surface area contributed by atoms with E-state index in [1.807, 2.05) is 19.1 Å². The molecule has 0 saturated heterocycles. The van der Waals surface area contributed by atoms with Crippen LogP contribution < -0.4 is 5.73 Å². The second-order valence-electron chi connectivity index (χ2n) is 3.50. The van der Waals surface area contributed by atoms with Gasteiger partial charge in [0.1, 0.15) is 0 Å². The van der Waals surface area contributed by atoms with Crippen LogP contribution in [0.15, 0.2) is 24.3 Å². The summed E-state index contributed by atoms with van der Waals surface area (Å²) in [4.78, 5) is 0. The molecule has 0 aliphatic heterocycles. The average molecular weight is 202 g/mol. The van der Waals surface area contributed by atoms with Crippen molar-refractivity contribution in [3.63, 3.8) is 0 Å². The quantitative estimate of drug-likeness (QED) is 0.806. The second-order valence-corrected chi connectivity index (χ2v) is 3.50. The minimum absolute atomic E-state index is 0.483. The monoisotopic (exact) mass is 202 g/mol. The Morgan fingerprint density at radius 2 is 2.20 bits per heavy atom. The Morgan fingerprint density at radius 1 is 1.40 bits per heavy atom. The predicted octanol–water partition coefficient (Wildman–Crippen LogP) is 1.72. The molecule has 4 nitrogen and oxygen atoms in total. The summed E-state index contributed by atoms with van der Waals surface area (Å²) in [6.45, 7) is 4.04. The fourth-order valence-electron chi connectivity index (χ4n) is 1.49. The Labute approximate surface area is 88.7 Å². The van der Waals surface area contributed by atoms with E-state index in [0.29, 0.717) is 5.82 Å². The van der Waals surface area contributed by atoms with Crippen molar-refractivity contribution >= 4 is 5.82 Å². The SMILES string of the molecule is CCc1cccc(-n2nnc(N)c2C)c1. The highest BCUT2D eigenvalue weighted by molar-refractivity contribution is 5.41. The molecule has 0 bridgehead atoms. The van der Waals surface area contributed by atoms with Crippen molar-refractivity contribution in [3.05, 3.63) is 35.5 Å². The molecule has 1 aromatic heterocycles. The van der Waals surface area contributed by atoms with Crippen molar-refractivity contribution in [2.75, 3.05) is 5.73 Å². The number of nitrogens with two attached hydrogens (primary N) is 1. The first kappa shape index (κ1) is 9.71. The number of hydrogen-bond donors (Lipinski definition) is 1. The van der Waals surface area contributed by atoms with E-state index in [0.717, 1.165) is 17.8 Å². The predicted molar refractivity (Wildman–Crippen MR) is 59.9 cm³/mol. The van der Waals surface area contributed by atoms with Gasteiger partial charge in [-0.1, -0.05) is 24.3 Å². The Hall–Kier alpha value is -1.84. The number of nitrogen functional groups attached to an aromatic ring is 1. The van der Waals surface area contributed by atoms with Crippen LogP contribution in [0, 0.1) is 6.92 Å². The molecule has 15 heavy (non-hydrogen) atoms. The van der Waals surface area contributed by atoms with Crippen LogP contribution in [-0.2, 0) is 6.42 Å². The number of aryl methyl sites for hydroxylation is 1. The zero-order chi connectivity index (χ0) is 10.8. The van der Waals surface area contributed by atoms with E-state index in [2.05, 4.69) is 29.4 Å². The number of anilines is 1. The van der Waals surface area contributed by atoms with E-state index in [-0.39, 0.29) is 0 Å². The first-order chi connectivity index (χ1) is 7.22.